The minimum atomic E-state index is 1.15. The molecular formula is C7H9NS. The van der Waals surface area contributed by atoms with Crippen molar-refractivity contribution in [2.45, 2.75) is 11.8 Å². The lowest BCUT2D eigenvalue weighted by molar-refractivity contribution is 1.30. The standard InChI is InChI=1S/C7H9NS/c1-6-4-2-3-5-7(6)9-8/h2-5H,8H2,1H3. The molecule has 9 heavy (non-hydrogen) atoms. The van der Waals surface area contributed by atoms with Gasteiger partial charge in [-0.3, -0.25) is 5.14 Å². The molecule has 0 unspecified atom stereocenters. The Morgan fingerprint density at radius 1 is 1.33 bits per heavy atom. The maximum absolute atomic E-state index is 5.37. The molecule has 1 rings (SSSR count). The van der Waals surface area contributed by atoms with Crippen molar-refractivity contribution in [2.75, 3.05) is 0 Å². The van der Waals surface area contributed by atoms with Crippen molar-refractivity contribution < 1.29 is 0 Å². The molecule has 0 spiro atoms. The topological polar surface area (TPSA) is 26.0 Å². The lowest BCUT2D eigenvalue weighted by Crippen LogP contribution is -1.81. The molecule has 0 radical (unpaired) electrons. The van der Waals surface area contributed by atoms with Crippen molar-refractivity contribution >= 4 is 11.9 Å². The van der Waals surface area contributed by atoms with Crippen molar-refractivity contribution in [1.29, 1.82) is 0 Å². The Kier molecular flexibility index (Phi) is 2.14. The summed E-state index contributed by atoms with van der Waals surface area (Å²) in [7, 11) is 0. The van der Waals surface area contributed by atoms with Crippen molar-refractivity contribution in [2.24, 2.45) is 5.14 Å². The van der Waals surface area contributed by atoms with Crippen molar-refractivity contribution in [3.63, 3.8) is 0 Å². The van der Waals surface area contributed by atoms with Gasteiger partial charge in [0.05, 0.1) is 0 Å². The van der Waals surface area contributed by atoms with E-state index in [1.165, 1.54) is 17.5 Å². The largest absolute Gasteiger partial charge is 0.274 e. The average Bonchev–Trinajstić information content (AvgIpc) is 1.89. The third-order valence-corrected chi connectivity index (χ3v) is 1.93. The molecule has 48 valence electrons. The quantitative estimate of drug-likeness (QED) is 0.602. The van der Waals surface area contributed by atoms with Gasteiger partial charge in [-0.25, -0.2) is 0 Å². The minimum absolute atomic E-state index is 1.15. The number of aryl methyl sites for hydroxylation is 1. The molecule has 0 aliphatic carbocycles. The molecule has 0 bridgehead atoms. The summed E-state index contributed by atoms with van der Waals surface area (Å²) in [6.45, 7) is 2.05. The third-order valence-electron chi connectivity index (χ3n) is 1.22. The van der Waals surface area contributed by atoms with Crippen LogP contribution >= 0.6 is 11.9 Å². The van der Waals surface area contributed by atoms with E-state index < -0.39 is 0 Å². The van der Waals surface area contributed by atoms with E-state index in [0.717, 1.165) is 4.90 Å². The Hall–Kier alpha value is -0.470. The van der Waals surface area contributed by atoms with Crippen LogP contribution in [0.4, 0.5) is 0 Å². The zero-order valence-electron chi connectivity index (χ0n) is 5.29. The molecular weight excluding hydrogens is 130 g/mol. The van der Waals surface area contributed by atoms with Gasteiger partial charge in [-0.1, -0.05) is 18.2 Å². The van der Waals surface area contributed by atoms with Gasteiger partial charge in [0.2, 0.25) is 0 Å². The normalized spacial score (nSPS) is 9.56. The highest BCUT2D eigenvalue weighted by Gasteiger charge is 1.90. The van der Waals surface area contributed by atoms with E-state index in [-0.39, 0.29) is 0 Å². The van der Waals surface area contributed by atoms with Crippen LogP contribution in [0.5, 0.6) is 0 Å². The third kappa shape index (κ3) is 1.47. The van der Waals surface area contributed by atoms with Crippen LogP contribution in [-0.2, 0) is 0 Å². The highest BCUT2D eigenvalue weighted by molar-refractivity contribution is 7.97. The van der Waals surface area contributed by atoms with E-state index in [0.29, 0.717) is 0 Å². The van der Waals surface area contributed by atoms with E-state index in [2.05, 4.69) is 13.0 Å². The molecule has 1 nitrogen and oxygen atoms in total. The molecule has 0 atom stereocenters. The van der Waals surface area contributed by atoms with Gasteiger partial charge in [0.25, 0.3) is 0 Å². The van der Waals surface area contributed by atoms with E-state index in [9.17, 15) is 0 Å². The van der Waals surface area contributed by atoms with Crippen LogP contribution in [0.15, 0.2) is 29.2 Å². The molecule has 0 heterocycles. The molecule has 1 aromatic rings. The molecule has 0 aromatic heterocycles. The van der Waals surface area contributed by atoms with E-state index in [1.54, 1.807) is 0 Å². The summed E-state index contributed by atoms with van der Waals surface area (Å²) in [4.78, 5) is 1.15. The highest BCUT2D eigenvalue weighted by Crippen LogP contribution is 2.15. The lowest BCUT2D eigenvalue weighted by atomic mass is 10.2. The molecule has 0 aliphatic heterocycles. The van der Waals surface area contributed by atoms with Crippen LogP contribution in [0, 0.1) is 6.92 Å². The summed E-state index contributed by atoms with van der Waals surface area (Å²) in [5.74, 6) is 0. The predicted octanol–water partition coefficient (Wildman–Crippen LogP) is 1.96. The van der Waals surface area contributed by atoms with Gasteiger partial charge < -0.3 is 0 Å². The molecule has 0 saturated carbocycles. The Labute approximate surface area is 59.4 Å². The zero-order chi connectivity index (χ0) is 6.69. The number of rotatable bonds is 1. The monoisotopic (exact) mass is 139 g/mol. The molecule has 0 fully saturated rings. The van der Waals surface area contributed by atoms with Gasteiger partial charge in [-0.15, -0.1) is 0 Å². The summed E-state index contributed by atoms with van der Waals surface area (Å²) in [6, 6.07) is 8.06. The average molecular weight is 139 g/mol. The SMILES string of the molecule is Cc1ccccc1SN. The maximum Gasteiger partial charge on any atom is 0.0255 e. The Bertz CT molecular complexity index is 198. The molecule has 0 saturated heterocycles. The van der Waals surface area contributed by atoms with E-state index in [1.807, 2.05) is 18.2 Å². The van der Waals surface area contributed by atoms with Crippen molar-refractivity contribution in [3.8, 4) is 0 Å². The summed E-state index contributed by atoms with van der Waals surface area (Å²) in [5.41, 5.74) is 1.24. The summed E-state index contributed by atoms with van der Waals surface area (Å²) >= 11 is 1.30. The van der Waals surface area contributed by atoms with Gasteiger partial charge >= 0.3 is 0 Å². The van der Waals surface area contributed by atoms with Crippen molar-refractivity contribution in [3.05, 3.63) is 29.8 Å². The molecule has 0 amide bonds. The number of nitrogens with two attached hydrogens (primary N) is 1. The van der Waals surface area contributed by atoms with E-state index in [4.69, 9.17) is 5.14 Å². The second-order valence-corrected chi connectivity index (χ2v) is 2.56. The highest BCUT2D eigenvalue weighted by atomic mass is 32.2. The molecule has 2 heteroatoms. The summed E-state index contributed by atoms with van der Waals surface area (Å²) < 4.78 is 0. The first-order valence-corrected chi connectivity index (χ1v) is 3.65. The van der Waals surface area contributed by atoms with Crippen LogP contribution in [0.3, 0.4) is 0 Å². The summed E-state index contributed by atoms with van der Waals surface area (Å²) in [5, 5.41) is 5.37. The second-order valence-electron chi connectivity index (χ2n) is 1.88. The molecule has 2 N–H and O–H groups in total. The smallest absolute Gasteiger partial charge is 0.0255 e. The number of benzene rings is 1. The fraction of sp³-hybridized carbons (Fsp3) is 0.143. The number of hydrogen-bond acceptors (Lipinski definition) is 2. The van der Waals surface area contributed by atoms with Gasteiger partial charge in [0, 0.05) is 4.90 Å². The van der Waals surface area contributed by atoms with Crippen LogP contribution in [0.25, 0.3) is 0 Å². The molecule has 0 aliphatic rings. The summed E-state index contributed by atoms with van der Waals surface area (Å²) in [6.07, 6.45) is 0. The van der Waals surface area contributed by atoms with Gasteiger partial charge in [0.15, 0.2) is 0 Å². The Morgan fingerprint density at radius 3 is 2.44 bits per heavy atom. The second kappa shape index (κ2) is 2.90. The van der Waals surface area contributed by atoms with Gasteiger partial charge in [-0.2, -0.15) is 0 Å². The first kappa shape index (κ1) is 6.65. The fourth-order valence-corrected chi connectivity index (χ4v) is 1.10. The minimum Gasteiger partial charge on any atom is -0.274 e. The first-order chi connectivity index (χ1) is 4.34. The van der Waals surface area contributed by atoms with Crippen LogP contribution < -0.4 is 5.14 Å². The van der Waals surface area contributed by atoms with Crippen LogP contribution in [-0.4, -0.2) is 0 Å². The molecule has 1 aromatic carbocycles. The lowest BCUT2D eigenvalue weighted by Gasteiger charge is -1.97. The van der Waals surface area contributed by atoms with Gasteiger partial charge in [0.1, 0.15) is 0 Å². The maximum atomic E-state index is 5.37. The van der Waals surface area contributed by atoms with E-state index >= 15 is 0 Å². The first-order valence-electron chi connectivity index (χ1n) is 2.77. The van der Waals surface area contributed by atoms with Crippen molar-refractivity contribution in [1.82, 2.24) is 0 Å². The van der Waals surface area contributed by atoms with Crippen LogP contribution in [0.2, 0.25) is 0 Å². The predicted molar refractivity (Wildman–Crippen MR) is 41.2 cm³/mol. The Morgan fingerprint density at radius 2 is 2.00 bits per heavy atom. The Balaban J connectivity index is 3.01. The van der Waals surface area contributed by atoms with Crippen LogP contribution in [0.1, 0.15) is 5.56 Å². The van der Waals surface area contributed by atoms with Gasteiger partial charge in [-0.05, 0) is 30.5 Å². The number of hydrogen-bond donors (Lipinski definition) is 1. The zero-order valence-corrected chi connectivity index (χ0v) is 6.11. The fourth-order valence-electron chi connectivity index (χ4n) is 0.689.